The Bertz CT molecular complexity index is 741. The predicted octanol–water partition coefficient (Wildman–Crippen LogP) is 0.229. The largest absolute Gasteiger partial charge is 0.379 e. The molecule has 0 spiro atoms. The summed E-state index contributed by atoms with van der Waals surface area (Å²) in [6.07, 6.45) is 1.06. The molecular weight excluding hydrogens is 344 g/mol. The van der Waals surface area contributed by atoms with E-state index < -0.39 is 0 Å². The lowest BCUT2D eigenvalue weighted by Crippen LogP contribution is -2.54. The molecule has 3 atom stereocenters. The summed E-state index contributed by atoms with van der Waals surface area (Å²) in [4.78, 5) is 31.9. The second-order valence-corrected chi connectivity index (χ2v) is 8.37. The fraction of sp³-hybridized carbons (Fsp3) is 0.700. The van der Waals surface area contributed by atoms with Gasteiger partial charge in [-0.1, -0.05) is 6.07 Å². The number of hydrogen-bond acceptors (Lipinski definition) is 5. The lowest BCUT2D eigenvalue weighted by molar-refractivity contribution is -0.136. The third-order valence-corrected chi connectivity index (χ3v) is 6.17. The van der Waals surface area contributed by atoms with E-state index in [1.807, 2.05) is 29.6 Å². The van der Waals surface area contributed by atoms with Crippen LogP contribution in [0.25, 0.3) is 0 Å². The van der Waals surface area contributed by atoms with Crippen molar-refractivity contribution in [1.82, 2.24) is 19.3 Å². The highest BCUT2D eigenvalue weighted by Crippen LogP contribution is 2.41. The summed E-state index contributed by atoms with van der Waals surface area (Å²) in [7, 11) is 4.09. The maximum atomic E-state index is 13.0. The summed E-state index contributed by atoms with van der Waals surface area (Å²) >= 11 is 0. The summed E-state index contributed by atoms with van der Waals surface area (Å²) in [5, 5.41) is 0. The van der Waals surface area contributed by atoms with Gasteiger partial charge in [0.05, 0.1) is 25.8 Å². The average molecular weight is 374 g/mol. The van der Waals surface area contributed by atoms with Crippen molar-refractivity contribution in [2.24, 2.45) is 5.92 Å². The third kappa shape index (κ3) is 3.81. The number of rotatable bonds is 4. The molecule has 1 amide bonds. The van der Waals surface area contributed by atoms with Crippen LogP contribution in [-0.4, -0.2) is 91.8 Å². The number of fused-ring (bicyclic) bond motifs is 4. The second kappa shape index (κ2) is 7.73. The van der Waals surface area contributed by atoms with Crippen LogP contribution in [0.4, 0.5) is 0 Å². The fourth-order valence-corrected chi connectivity index (χ4v) is 4.91. The van der Waals surface area contributed by atoms with E-state index in [0.29, 0.717) is 25.7 Å². The molecule has 7 nitrogen and oxygen atoms in total. The SMILES string of the molecule is CN(C)C[C@H]1[C@H]2C[C@H](CN(C(=O)CN3CCOCC3)C2)c2cccc(=O)n21. The summed E-state index contributed by atoms with van der Waals surface area (Å²) in [6.45, 7) is 5.83. The average Bonchev–Trinajstić information content (AvgIpc) is 2.65. The Morgan fingerprint density at radius 1 is 1.22 bits per heavy atom. The molecular formula is C20H30N4O3. The first-order valence-electron chi connectivity index (χ1n) is 9.97. The summed E-state index contributed by atoms with van der Waals surface area (Å²) in [6, 6.07) is 5.71. The molecule has 0 unspecified atom stereocenters. The first-order chi connectivity index (χ1) is 13.0. The quantitative estimate of drug-likeness (QED) is 0.755. The first kappa shape index (κ1) is 18.7. The molecule has 27 heavy (non-hydrogen) atoms. The van der Waals surface area contributed by atoms with E-state index in [-0.39, 0.29) is 23.4 Å². The topological polar surface area (TPSA) is 58.0 Å². The number of ether oxygens (including phenoxy) is 1. The van der Waals surface area contributed by atoms with Gasteiger partial charge in [0.15, 0.2) is 0 Å². The summed E-state index contributed by atoms with van der Waals surface area (Å²) in [5.41, 5.74) is 1.18. The smallest absolute Gasteiger partial charge is 0.251 e. The van der Waals surface area contributed by atoms with Gasteiger partial charge in [-0.3, -0.25) is 14.5 Å². The molecule has 4 rings (SSSR count). The summed E-state index contributed by atoms with van der Waals surface area (Å²) in [5.74, 6) is 0.791. The van der Waals surface area contributed by atoms with Gasteiger partial charge in [-0.05, 0) is 32.5 Å². The Balaban J connectivity index is 1.56. The number of carbonyl (C=O) groups excluding carboxylic acids is 1. The third-order valence-electron chi connectivity index (χ3n) is 6.17. The van der Waals surface area contributed by atoms with E-state index in [9.17, 15) is 9.59 Å². The zero-order valence-electron chi connectivity index (χ0n) is 16.3. The highest BCUT2D eigenvalue weighted by Gasteiger charge is 2.41. The van der Waals surface area contributed by atoms with Crippen molar-refractivity contribution in [3.8, 4) is 0 Å². The van der Waals surface area contributed by atoms with Crippen LogP contribution >= 0.6 is 0 Å². The number of amides is 1. The highest BCUT2D eigenvalue weighted by atomic mass is 16.5. The molecule has 2 saturated heterocycles. The van der Waals surface area contributed by atoms with E-state index in [0.717, 1.165) is 44.8 Å². The number of piperidine rings is 1. The Morgan fingerprint density at radius 3 is 2.74 bits per heavy atom. The van der Waals surface area contributed by atoms with E-state index in [1.165, 1.54) is 0 Å². The number of nitrogens with zero attached hydrogens (tertiary/aromatic N) is 4. The standard InChI is InChI=1S/C20H30N4O3/c1-21(2)13-18-16-10-15(17-4-3-5-19(25)24(17)18)11-23(12-16)20(26)14-22-6-8-27-9-7-22/h3-5,15-16,18H,6-14H2,1-2H3/t15-,16+,18+/m1/s1. The van der Waals surface area contributed by atoms with Gasteiger partial charge in [-0.25, -0.2) is 0 Å². The normalized spacial score (nSPS) is 28.3. The number of aromatic nitrogens is 1. The van der Waals surface area contributed by atoms with Crippen molar-refractivity contribution in [3.05, 3.63) is 34.2 Å². The van der Waals surface area contributed by atoms with Crippen molar-refractivity contribution in [2.45, 2.75) is 18.4 Å². The molecule has 7 heteroatoms. The first-order valence-corrected chi connectivity index (χ1v) is 9.97. The number of likely N-dealkylation sites (N-methyl/N-ethyl adjacent to an activating group) is 1. The number of pyridine rings is 1. The molecule has 1 aromatic heterocycles. The van der Waals surface area contributed by atoms with Crippen LogP contribution in [0.15, 0.2) is 23.0 Å². The van der Waals surface area contributed by atoms with Crippen LogP contribution in [0.1, 0.15) is 24.1 Å². The van der Waals surface area contributed by atoms with E-state index in [4.69, 9.17) is 4.74 Å². The van der Waals surface area contributed by atoms with Gasteiger partial charge in [0, 0.05) is 50.4 Å². The predicted molar refractivity (Wildman–Crippen MR) is 103 cm³/mol. The van der Waals surface area contributed by atoms with Gasteiger partial charge in [-0.2, -0.15) is 0 Å². The van der Waals surface area contributed by atoms with E-state index in [2.05, 4.69) is 15.9 Å². The van der Waals surface area contributed by atoms with E-state index >= 15 is 0 Å². The Kier molecular flexibility index (Phi) is 5.34. The lowest BCUT2D eigenvalue weighted by Gasteiger charge is -2.47. The number of hydrogen-bond donors (Lipinski definition) is 0. The molecule has 0 N–H and O–H groups in total. The van der Waals surface area contributed by atoms with Crippen LogP contribution < -0.4 is 5.56 Å². The maximum absolute atomic E-state index is 13.0. The second-order valence-electron chi connectivity index (χ2n) is 8.37. The van der Waals surface area contributed by atoms with Gasteiger partial charge in [0.2, 0.25) is 5.91 Å². The van der Waals surface area contributed by atoms with Crippen LogP contribution in [0.5, 0.6) is 0 Å². The van der Waals surface area contributed by atoms with E-state index in [1.54, 1.807) is 6.07 Å². The highest BCUT2D eigenvalue weighted by molar-refractivity contribution is 5.78. The van der Waals surface area contributed by atoms with Crippen molar-refractivity contribution in [3.63, 3.8) is 0 Å². The Hall–Kier alpha value is -1.70. The van der Waals surface area contributed by atoms with Crippen molar-refractivity contribution >= 4 is 5.91 Å². The summed E-state index contributed by atoms with van der Waals surface area (Å²) < 4.78 is 7.39. The monoisotopic (exact) mass is 374 g/mol. The van der Waals surface area contributed by atoms with Crippen LogP contribution in [-0.2, 0) is 9.53 Å². The zero-order chi connectivity index (χ0) is 19.0. The molecule has 0 aliphatic carbocycles. The van der Waals surface area contributed by atoms with Crippen molar-refractivity contribution in [1.29, 1.82) is 0 Å². The minimum absolute atomic E-state index is 0.0853. The van der Waals surface area contributed by atoms with Crippen molar-refractivity contribution in [2.75, 3.05) is 66.6 Å². The molecule has 3 aliphatic heterocycles. The number of carbonyl (C=O) groups is 1. The lowest BCUT2D eigenvalue weighted by atomic mass is 9.78. The van der Waals surface area contributed by atoms with Crippen LogP contribution in [0, 0.1) is 5.92 Å². The number of morpholine rings is 1. The molecule has 1 aromatic rings. The molecule has 0 saturated carbocycles. The molecule has 3 aliphatic rings. The molecule has 2 bridgehead atoms. The van der Waals surface area contributed by atoms with Crippen molar-refractivity contribution < 1.29 is 9.53 Å². The van der Waals surface area contributed by atoms with Gasteiger partial charge in [-0.15, -0.1) is 0 Å². The minimum Gasteiger partial charge on any atom is -0.379 e. The minimum atomic E-state index is 0.0853. The van der Waals surface area contributed by atoms with Gasteiger partial charge in [0.1, 0.15) is 0 Å². The van der Waals surface area contributed by atoms with Crippen LogP contribution in [0.2, 0.25) is 0 Å². The fourth-order valence-electron chi connectivity index (χ4n) is 4.91. The van der Waals surface area contributed by atoms with Crippen LogP contribution in [0.3, 0.4) is 0 Å². The molecule has 4 heterocycles. The Labute approximate surface area is 160 Å². The molecule has 2 fully saturated rings. The number of likely N-dealkylation sites (tertiary alicyclic amines) is 1. The molecule has 0 aromatic carbocycles. The molecule has 0 radical (unpaired) electrons. The maximum Gasteiger partial charge on any atom is 0.251 e. The van der Waals surface area contributed by atoms with Gasteiger partial charge in [0.25, 0.3) is 5.56 Å². The van der Waals surface area contributed by atoms with Gasteiger partial charge < -0.3 is 19.1 Å². The van der Waals surface area contributed by atoms with Gasteiger partial charge >= 0.3 is 0 Å². The molecule has 148 valence electrons. The zero-order valence-corrected chi connectivity index (χ0v) is 16.3. The Morgan fingerprint density at radius 2 is 2.00 bits per heavy atom.